The lowest BCUT2D eigenvalue weighted by Crippen LogP contribution is -2.23. The van der Waals surface area contributed by atoms with Crippen LogP contribution in [0.5, 0.6) is 0 Å². The third-order valence-corrected chi connectivity index (χ3v) is 7.64. The van der Waals surface area contributed by atoms with E-state index in [9.17, 15) is 0 Å². The average molecular weight is 385 g/mol. The maximum atomic E-state index is 4.71. The van der Waals surface area contributed by atoms with Gasteiger partial charge in [-0.3, -0.25) is 4.99 Å². The standard InChI is InChI=1S/C24H20NPS/c1-3-11-21(12-4-1)26(22-13-5-2-6-14-22)24-16-8-7-10-20(24)18-25-19-23-15-9-17-27-23/h1-18H,19H2. The van der Waals surface area contributed by atoms with E-state index < -0.39 is 7.92 Å². The van der Waals surface area contributed by atoms with E-state index in [1.54, 1.807) is 11.3 Å². The minimum absolute atomic E-state index is 0.617. The number of aliphatic imine (C=N–C) groups is 1. The zero-order chi connectivity index (χ0) is 18.3. The van der Waals surface area contributed by atoms with Crippen LogP contribution in [0.4, 0.5) is 0 Å². The van der Waals surface area contributed by atoms with Crippen molar-refractivity contribution in [1.29, 1.82) is 0 Å². The molecule has 3 heteroatoms. The molecule has 0 radical (unpaired) electrons. The summed E-state index contributed by atoms with van der Waals surface area (Å²) in [6.07, 6.45) is 2.04. The molecule has 0 fully saturated rings. The molecule has 0 spiro atoms. The van der Waals surface area contributed by atoms with Crippen molar-refractivity contribution < 1.29 is 0 Å². The Kier molecular flexibility index (Phi) is 5.89. The van der Waals surface area contributed by atoms with Gasteiger partial charge >= 0.3 is 0 Å². The Morgan fingerprint density at radius 1 is 0.704 bits per heavy atom. The van der Waals surface area contributed by atoms with Crippen LogP contribution in [0, 0.1) is 0 Å². The van der Waals surface area contributed by atoms with Crippen LogP contribution >= 0.6 is 19.3 Å². The van der Waals surface area contributed by atoms with Crippen molar-refractivity contribution in [3.05, 3.63) is 113 Å². The summed E-state index contributed by atoms with van der Waals surface area (Å²) in [5.41, 5.74) is 1.20. The third kappa shape index (κ3) is 4.42. The smallest absolute Gasteiger partial charge is 0.0732 e. The Hall–Kier alpha value is -2.54. The van der Waals surface area contributed by atoms with Crippen LogP contribution in [0.3, 0.4) is 0 Å². The molecule has 0 unspecified atom stereocenters. The van der Waals surface area contributed by atoms with Crippen LogP contribution in [0.25, 0.3) is 0 Å². The number of hydrogen-bond acceptors (Lipinski definition) is 2. The van der Waals surface area contributed by atoms with E-state index in [0.717, 1.165) is 6.54 Å². The van der Waals surface area contributed by atoms with Crippen molar-refractivity contribution >= 4 is 41.4 Å². The SMILES string of the molecule is C(=NCc1cccs1)c1ccccc1P(c1ccccc1)c1ccccc1. The minimum atomic E-state index is -0.617. The molecule has 3 aromatic carbocycles. The molecule has 0 aliphatic rings. The van der Waals surface area contributed by atoms with Crippen LogP contribution in [0.15, 0.2) is 107 Å². The minimum Gasteiger partial charge on any atom is -0.287 e. The first-order chi connectivity index (χ1) is 13.4. The largest absolute Gasteiger partial charge is 0.287 e. The fourth-order valence-corrected chi connectivity index (χ4v) is 6.08. The van der Waals surface area contributed by atoms with Crippen LogP contribution in [-0.4, -0.2) is 6.21 Å². The summed E-state index contributed by atoms with van der Waals surface area (Å²) in [5, 5.41) is 6.17. The number of hydrogen-bond donors (Lipinski definition) is 0. The first-order valence-electron chi connectivity index (χ1n) is 8.93. The molecule has 0 aliphatic carbocycles. The van der Waals surface area contributed by atoms with Crippen molar-refractivity contribution in [3.63, 3.8) is 0 Å². The predicted molar refractivity (Wildman–Crippen MR) is 121 cm³/mol. The molecule has 4 aromatic rings. The highest BCUT2D eigenvalue weighted by Crippen LogP contribution is 2.33. The quantitative estimate of drug-likeness (QED) is 0.322. The molecular formula is C24H20NPS. The highest BCUT2D eigenvalue weighted by Gasteiger charge is 2.18. The molecule has 0 atom stereocenters. The fourth-order valence-electron chi connectivity index (χ4n) is 3.02. The molecule has 0 saturated heterocycles. The Balaban J connectivity index is 1.73. The lowest BCUT2D eigenvalue weighted by molar-refractivity contribution is 1.11. The van der Waals surface area contributed by atoms with E-state index in [0.29, 0.717) is 0 Å². The molecule has 1 heterocycles. The van der Waals surface area contributed by atoms with Crippen LogP contribution in [0.2, 0.25) is 0 Å². The number of rotatable bonds is 6. The summed E-state index contributed by atoms with van der Waals surface area (Å²) in [4.78, 5) is 6.00. The Morgan fingerprint density at radius 2 is 1.33 bits per heavy atom. The van der Waals surface area contributed by atoms with E-state index in [4.69, 9.17) is 4.99 Å². The molecule has 1 aromatic heterocycles. The van der Waals surface area contributed by atoms with E-state index in [-0.39, 0.29) is 0 Å². The first-order valence-corrected chi connectivity index (χ1v) is 11.2. The molecular weight excluding hydrogens is 365 g/mol. The Bertz CT molecular complexity index is 956. The van der Waals surface area contributed by atoms with Crippen molar-refractivity contribution in [1.82, 2.24) is 0 Å². The van der Waals surface area contributed by atoms with Gasteiger partial charge in [0.1, 0.15) is 0 Å². The van der Waals surface area contributed by atoms with Gasteiger partial charge in [-0.05, 0) is 35.3 Å². The van der Waals surface area contributed by atoms with Gasteiger partial charge < -0.3 is 0 Å². The van der Waals surface area contributed by atoms with E-state index >= 15 is 0 Å². The maximum Gasteiger partial charge on any atom is 0.0732 e. The van der Waals surface area contributed by atoms with Crippen molar-refractivity contribution in [3.8, 4) is 0 Å². The highest BCUT2D eigenvalue weighted by molar-refractivity contribution is 7.80. The second-order valence-corrected chi connectivity index (χ2v) is 9.33. The van der Waals surface area contributed by atoms with Crippen molar-refractivity contribution in [2.45, 2.75) is 6.54 Å². The molecule has 0 bridgehead atoms. The zero-order valence-electron chi connectivity index (χ0n) is 14.9. The summed E-state index contributed by atoms with van der Waals surface area (Å²) in [5.74, 6) is 0. The second kappa shape index (κ2) is 8.90. The number of nitrogens with zero attached hydrogens (tertiary/aromatic N) is 1. The van der Waals surface area contributed by atoms with Crippen LogP contribution in [0.1, 0.15) is 10.4 Å². The zero-order valence-corrected chi connectivity index (χ0v) is 16.6. The molecule has 132 valence electrons. The molecule has 0 saturated carbocycles. The summed E-state index contributed by atoms with van der Waals surface area (Å²) in [6, 6.07) is 34.5. The second-order valence-electron chi connectivity index (χ2n) is 6.11. The lowest BCUT2D eigenvalue weighted by atomic mass is 10.2. The van der Waals surface area contributed by atoms with Gasteiger partial charge in [-0.2, -0.15) is 0 Å². The Morgan fingerprint density at radius 3 is 1.96 bits per heavy atom. The number of benzene rings is 3. The normalized spacial score (nSPS) is 11.3. The van der Waals surface area contributed by atoms with Crippen molar-refractivity contribution in [2.24, 2.45) is 4.99 Å². The van der Waals surface area contributed by atoms with E-state index in [1.807, 2.05) is 6.21 Å². The topological polar surface area (TPSA) is 12.4 Å². The molecule has 0 aliphatic heterocycles. The van der Waals surface area contributed by atoms with Gasteiger partial charge in [0.25, 0.3) is 0 Å². The molecule has 0 amide bonds. The molecule has 4 rings (SSSR count). The highest BCUT2D eigenvalue weighted by atomic mass is 32.1. The summed E-state index contributed by atoms with van der Waals surface area (Å²) in [6.45, 7) is 0.737. The fraction of sp³-hybridized carbons (Fsp3) is 0.0417. The van der Waals surface area contributed by atoms with Crippen molar-refractivity contribution in [2.75, 3.05) is 0 Å². The number of thiophene rings is 1. The maximum absolute atomic E-state index is 4.71. The van der Waals surface area contributed by atoms with Crippen LogP contribution < -0.4 is 15.9 Å². The van der Waals surface area contributed by atoms with Gasteiger partial charge in [-0.15, -0.1) is 11.3 Å². The first kappa shape index (κ1) is 17.9. The molecule has 27 heavy (non-hydrogen) atoms. The predicted octanol–water partition coefficient (Wildman–Crippen LogP) is 5.13. The average Bonchev–Trinajstić information content (AvgIpc) is 3.25. The Labute approximate surface area is 165 Å². The monoisotopic (exact) mass is 385 g/mol. The van der Waals surface area contributed by atoms with Gasteiger partial charge in [0, 0.05) is 16.7 Å². The molecule has 0 N–H and O–H groups in total. The van der Waals surface area contributed by atoms with Gasteiger partial charge in [0.15, 0.2) is 0 Å². The van der Waals surface area contributed by atoms with Gasteiger partial charge in [-0.25, -0.2) is 0 Å². The van der Waals surface area contributed by atoms with E-state index in [1.165, 1.54) is 26.4 Å². The summed E-state index contributed by atoms with van der Waals surface area (Å²) < 4.78 is 0. The summed E-state index contributed by atoms with van der Waals surface area (Å²) in [7, 11) is -0.617. The lowest BCUT2D eigenvalue weighted by Gasteiger charge is -2.21. The van der Waals surface area contributed by atoms with Gasteiger partial charge in [0.2, 0.25) is 0 Å². The molecule has 1 nitrogen and oxygen atoms in total. The van der Waals surface area contributed by atoms with Crippen LogP contribution in [-0.2, 0) is 6.54 Å². The van der Waals surface area contributed by atoms with E-state index in [2.05, 4.69) is 102 Å². The third-order valence-electron chi connectivity index (χ3n) is 4.26. The van der Waals surface area contributed by atoms with Gasteiger partial charge in [-0.1, -0.05) is 91.0 Å². The van der Waals surface area contributed by atoms with Gasteiger partial charge in [0.05, 0.1) is 6.54 Å². The summed E-state index contributed by atoms with van der Waals surface area (Å²) >= 11 is 1.75.